The van der Waals surface area contributed by atoms with E-state index in [-0.39, 0.29) is 17.8 Å². The molecule has 2 aromatic carbocycles. The van der Waals surface area contributed by atoms with Gasteiger partial charge in [-0.3, -0.25) is 9.59 Å². The monoisotopic (exact) mass is 451 g/mol. The van der Waals surface area contributed by atoms with Crippen LogP contribution in [0.2, 0.25) is 10.0 Å². The number of halogens is 2. The van der Waals surface area contributed by atoms with Crippen molar-refractivity contribution in [3.05, 3.63) is 63.6 Å². The Hall–Kier alpha value is -1.69. The number of carbonyl (C=O) groups is 2. The van der Waals surface area contributed by atoms with E-state index in [9.17, 15) is 9.59 Å². The van der Waals surface area contributed by atoms with Gasteiger partial charge in [-0.1, -0.05) is 35.3 Å². The lowest BCUT2D eigenvalue weighted by Crippen LogP contribution is -2.40. The fourth-order valence-corrected chi connectivity index (χ4v) is 4.74. The van der Waals surface area contributed by atoms with E-state index >= 15 is 0 Å². The summed E-state index contributed by atoms with van der Waals surface area (Å²) in [5.74, 6) is 0.425. The van der Waals surface area contributed by atoms with E-state index in [4.69, 9.17) is 27.9 Å². The van der Waals surface area contributed by atoms with Crippen LogP contribution in [0.25, 0.3) is 0 Å². The Kier molecular flexibility index (Phi) is 7.87. The molecule has 3 rings (SSSR count). The van der Waals surface area contributed by atoms with Gasteiger partial charge in [0.05, 0.1) is 17.5 Å². The Balaban J connectivity index is 1.60. The van der Waals surface area contributed by atoms with Crippen LogP contribution in [-0.4, -0.2) is 36.5 Å². The molecular formula is C22H23Cl2NO3S. The minimum absolute atomic E-state index is 0.0000492. The number of esters is 1. The largest absolute Gasteiger partial charge is 0.466 e. The van der Waals surface area contributed by atoms with Gasteiger partial charge in [-0.15, -0.1) is 11.8 Å². The maximum atomic E-state index is 12.9. The van der Waals surface area contributed by atoms with Crippen LogP contribution >= 0.6 is 35.0 Å². The summed E-state index contributed by atoms with van der Waals surface area (Å²) in [5.41, 5.74) is 1.70. The molecule has 0 bridgehead atoms. The summed E-state index contributed by atoms with van der Waals surface area (Å²) in [7, 11) is 0. The maximum absolute atomic E-state index is 12.9. The number of nitrogens with zero attached hydrogens (tertiary/aromatic N) is 1. The number of carbonyl (C=O) groups excluding carboxylic acids is 2. The smallest absolute Gasteiger partial charge is 0.309 e. The summed E-state index contributed by atoms with van der Waals surface area (Å²) in [4.78, 5) is 27.5. The topological polar surface area (TPSA) is 46.6 Å². The van der Waals surface area contributed by atoms with Gasteiger partial charge in [-0.25, -0.2) is 0 Å². The van der Waals surface area contributed by atoms with E-state index in [0.717, 1.165) is 10.5 Å². The zero-order valence-corrected chi connectivity index (χ0v) is 18.5. The first-order chi connectivity index (χ1) is 14.0. The van der Waals surface area contributed by atoms with E-state index in [1.807, 2.05) is 42.2 Å². The van der Waals surface area contributed by atoms with Crippen molar-refractivity contribution in [2.24, 2.45) is 5.92 Å². The van der Waals surface area contributed by atoms with Gasteiger partial charge in [-0.2, -0.15) is 0 Å². The maximum Gasteiger partial charge on any atom is 0.309 e. The highest BCUT2D eigenvalue weighted by Gasteiger charge is 2.28. The normalized spacial score (nSPS) is 14.7. The van der Waals surface area contributed by atoms with Crippen molar-refractivity contribution in [2.75, 3.05) is 19.7 Å². The fourth-order valence-electron chi connectivity index (χ4n) is 3.30. The van der Waals surface area contributed by atoms with Crippen LogP contribution in [0.4, 0.5) is 0 Å². The first-order valence-corrected chi connectivity index (χ1v) is 11.3. The Labute approximate surface area is 185 Å². The molecule has 0 atom stereocenters. The van der Waals surface area contributed by atoms with E-state index in [2.05, 4.69) is 0 Å². The van der Waals surface area contributed by atoms with Gasteiger partial charge < -0.3 is 9.64 Å². The third-order valence-corrected chi connectivity index (χ3v) is 6.67. The average Bonchev–Trinajstić information content (AvgIpc) is 2.74. The summed E-state index contributed by atoms with van der Waals surface area (Å²) in [5, 5.41) is 1.31. The zero-order valence-electron chi connectivity index (χ0n) is 16.2. The van der Waals surface area contributed by atoms with E-state index in [1.54, 1.807) is 23.9 Å². The van der Waals surface area contributed by atoms with Crippen LogP contribution in [-0.2, 0) is 15.3 Å². The molecule has 0 spiro atoms. The van der Waals surface area contributed by atoms with E-state index in [0.29, 0.717) is 53.9 Å². The number of likely N-dealkylation sites (tertiary alicyclic amines) is 1. The minimum atomic E-state index is -0.154. The van der Waals surface area contributed by atoms with Crippen molar-refractivity contribution in [3.63, 3.8) is 0 Å². The summed E-state index contributed by atoms with van der Waals surface area (Å²) in [6.45, 7) is 3.34. The predicted octanol–water partition coefficient (Wildman–Crippen LogP) is 5.70. The molecule has 0 aliphatic carbocycles. The molecule has 7 heteroatoms. The van der Waals surface area contributed by atoms with Crippen molar-refractivity contribution in [2.45, 2.75) is 30.4 Å². The van der Waals surface area contributed by atoms with Gasteiger partial charge >= 0.3 is 5.97 Å². The van der Waals surface area contributed by atoms with E-state index < -0.39 is 0 Å². The Bertz CT molecular complexity index is 882. The Morgan fingerprint density at radius 1 is 1.14 bits per heavy atom. The number of ether oxygens (including phenoxy) is 1. The molecule has 1 aliphatic heterocycles. The van der Waals surface area contributed by atoms with Gasteiger partial charge in [0, 0.05) is 34.3 Å². The minimum Gasteiger partial charge on any atom is -0.466 e. The quantitative estimate of drug-likeness (QED) is 0.417. The lowest BCUT2D eigenvalue weighted by Gasteiger charge is -2.31. The molecule has 1 saturated heterocycles. The summed E-state index contributed by atoms with van der Waals surface area (Å²) in [6.07, 6.45) is 1.29. The molecule has 2 aromatic rings. The van der Waals surface area contributed by atoms with Crippen molar-refractivity contribution in [1.29, 1.82) is 0 Å². The number of hydrogen-bond acceptors (Lipinski definition) is 4. The number of hydrogen-bond donors (Lipinski definition) is 0. The highest BCUT2D eigenvalue weighted by Crippen LogP contribution is 2.32. The molecule has 154 valence electrons. The van der Waals surface area contributed by atoms with Crippen molar-refractivity contribution >= 4 is 46.8 Å². The standard InChI is InChI=1S/C22H23Cl2NO3S/c1-2-28-22(27)16-8-10-25(11-9-16)21(26)17-5-3-4-15(12-17)14-29-20-13-18(23)6-7-19(20)24/h3-7,12-13,16H,2,8-11,14H2,1H3. The molecule has 0 unspecified atom stereocenters. The van der Waals surface area contributed by atoms with Crippen molar-refractivity contribution in [3.8, 4) is 0 Å². The van der Waals surface area contributed by atoms with Crippen LogP contribution in [0.1, 0.15) is 35.7 Å². The third kappa shape index (κ3) is 5.91. The number of rotatable bonds is 6. The van der Waals surface area contributed by atoms with Crippen LogP contribution in [0.15, 0.2) is 47.4 Å². The van der Waals surface area contributed by atoms with Crippen LogP contribution in [0, 0.1) is 5.92 Å². The summed E-state index contributed by atoms with van der Waals surface area (Å²) >= 11 is 13.9. The molecular weight excluding hydrogens is 429 g/mol. The highest BCUT2D eigenvalue weighted by molar-refractivity contribution is 7.98. The lowest BCUT2D eigenvalue weighted by molar-refractivity contribution is -0.149. The highest BCUT2D eigenvalue weighted by atomic mass is 35.5. The van der Waals surface area contributed by atoms with Gasteiger partial charge in [-0.05, 0) is 55.7 Å². The number of benzene rings is 2. The van der Waals surface area contributed by atoms with E-state index in [1.165, 1.54) is 0 Å². The molecule has 0 N–H and O–H groups in total. The molecule has 1 aliphatic rings. The van der Waals surface area contributed by atoms with Crippen LogP contribution in [0.3, 0.4) is 0 Å². The molecule has 4 nitrogen and oxygen atoms in total. The van der Waals surface area contributed by atoms with Crippen LogP contribution < -0.4 is 0 Å². The molecule has 0 radical (unpaired) electrons. The molecule has 0 saturated carbocycles. The van der Waals surface area contributed by atoms with Gasteiger partial charge in [0.2, 0.25) is 0 Å². The molecule has 1 fully saturated rings. The second kappa shape index (κ2) is 10.4. The number of amides is 1. The molecule has 29 heavy (non-hydrogen) atoms. The van der Waals surface area contributed by atoms with Gasteiger partial charge in [0.25, 0.3) is 5.91 Å². The SMILES string of the molecule is CCOC(=O)C1CCN(C(=O)c2cccc(CSc3cc(Cl)ccc3Cl)c2)CC1. The fraction of sp³-hybridized carbons (Fsp3) is 0.364. The average molecular weight is 452 g/mol. The van der Waals surface area contributed by atoms with Crippen LogP contribution in [0.5, 0.6) is 0 Å². The van der Waals surface area contributed by atoms with Gasteiger partial charge in [0.15, 0.2) is 0 Å². The first-order valence-electron chi connectivity index (χ1n) is 9.60. The second-order valence-electron chi connectivity index (χ2n) is 6.88. The summed E-state index contributed by atoms with van der Waals surface area (Å²) in [6, 6.07) is 13.0. The lowest BCUT2D eigenvalue weighted by atomic mass is 9.96. The Morgan fingerprint density at radius 2 is 1.90 bits per heavy atom. The van der Waals surface area contributed by atoms with Crippen molar-refractivity contribution in [1.82, 2.24) is 4.90 Å². The third-order valence-electron chi connectivity index (χ3n) is 4.86. The predicted molar refractivity (Wildman–Crippen MR) is 118 cm³/mol. The van der Waals surface area contributed by atoms with Crippen molar-refractivity contribution < 1.29 is 14.3 Å². The first kappa shape index (κ1) is 22.0. The Morgan fingerprint density at radius 3 is 2.62 bits per heavy atom. The molecule has 1 amide bonds. The number of piperidine rings is 1. The molecule has 1 heterocycles. The zero-order chi connectivity index (χ0) is 20.8. The summed E-state index contributed by atoms with van der Waals surface area (Å²) < 4.78 is 5.09. The number of thioether (sulfide) groups is 1. The molecule has 0 aromatic heterocycles. The second-order valence-corrected chi connectivity index (χ2v) is 8.74. The van der Waals surface area contributed by atoms with Gasteiger partial charge in [0.1, 0.15) is 0 Å².